The molecule has 13 heavy (non-hydrogen) atoms. The third-order valence-electron chi connectivity index (χ3n) is 3.09. The molecule has 2 heteroatoms. The monoisotopic (exact) mass is 176 g/mol. The molecular weight excluding hydrogens is 160 g/mol. The van der Waals surface area contributed by atoms with E-state index in [4.69, 9.17) is 5.73 Å². The van der Waals surface area contributed by atoms with Crippen molar-refractivity contribution >= 4 is 5.82 Å². The van der Waals surface area contributed by atoms with E-state index in [2.05, 4.69) is 18.8 Å². The Bertz CT molecular complexity index is 342. The van der Waals surface area contributed by atoms with Gasteiger partial charge in [0.25, 0.3) is 0 Å². The maximum absolute atomic E-state index is 5.83. The summed E-state index contributed by atoms with van der Waals surface area (Å²) in [5.41, 5.74) is 11.1. The van der Waals surface area contributed by atoms with Gasteiger partial charge in [0.2, 0.25) is 0 Å². The van der Waals surface area contributed by atoms with Crippen LogP contribution in [0.4, 0.5) is 5.82 Å². The molecule has 2 rings (SSSR count). The first kappa shape index (κ1) is 8.54. The van der Waals surface area contributed by atoms with Gasteiger partial charge in [-0.2, -0.15) is 0 Å². The van der Waals surface area contributed by atoms with Crippen molar-refractivity contribution in [2.45, 2.75) is 39.5 Å². The SMILES string of the molecule is Cc1c(N)nc2c(c1C)CCCC2. The number of fused-ring (bicyclic) bond motifs is 1. The van der Waals surface area contributed by atoms with Crippen LogP contribution in [0.2, 0.25) is 0 Å². The van der Waals surface area contributed by atoms with Gasteiger partial charge in [-0.25, -0.2) is 4.98 Å². The third kappa shape index (κ3) is 1.30. The number of nitrogens with two attached hydrogens (primary N) is 1. The molecule has 0 atom stereocenters. The highest BCUT2D eigenvalue weighted by Crippen LogP contribution is 2.26. The maximum Gasteiger partial charge on any atom is 0.126 e. The van der Waals surface area contributed by atoms with Crippen molar-refractivity contribution in [3.05, 3.63) is 22.4 Å². The molecular formula is C11H16N2. The summed E-state index contributed by atoms with van der Waals surface area (Å²) in [6.07, 6.45) is 4.87. The third-order valence-corrected chi connectivity index (χ3v) is 3.09. The molecule has 1 aliphatic rings. The number of aromatic nitrogens is 1. The van der Waals surface area contributed by atoms with Crippen LogP contribution in [0.5, 0.6) is 0 Å². The smallest absolute Gasteiger partial charge is 0.126 e. The summed E-state index contributed by atoms with van der Waals surface area (Å²) in [7, 11) is 0. The Labute approximate surface area is 79.2 Å². The van der Waals surface area contributed by atoms with E-state index in [1.165, 1.54) is 41.6 Å². The number of anilines is 1. The van der Waals surface area contributed by atoms with Crippen molar-refractivity contribution in [3.8, 4) is 0 Å². The standard InChI is InChI=1S/C11H16N2/c1-7-8(2)11(12)13-10-6-4-3-5-9(7)10/h3-6H2,1-2H3,(H2,12,13). The second-order valence-corrected chi connectivity index (χ2v) is 3.88. The lowest BCUT2D eigenvalue weighted by Gasteiger charge is -2.19. The van der Waals surface area contributed by atoms with Crippen LogP contribution in [0.15, 0.2) is 0 Å². The van der Waals surface area contributed by atoms with Gasteiger partial charge in [0.15, 0.2) is 0 Å². The lowest BCUT2D eigenvalue weighted by atomic mass is 9.91. The lowest BCUT2D eigenvalue weighted by molar-refractivity contribution is 0.664. The second-order valence-electron chi connectivity index (χ2n) is 3.88. The highest BCUT2D eigenvalue weighted by atomic mass is 14.8. The molecule has 0 saturated carbocycles. The minimum Gasteiger partial charge on any atom is -0.383 e. The van der Waals surface area contributed by atoms with Crippen molar-refractivity contribution in [3.63, 3.8) is 0 Å². The van der Waals surface area contributed by atoms with Crippen molar-refractivity contribution in [1.29, 1.82) is 0 Å². The van der Waals surface area contributed by atoms with E-state index in [1.807, 2.05) is 0 Å². The van der Waals surface area contributed by atoms with E-state index in [0.717, 1.165) is 12.2 Å². The molecule has 0 amide bonds. The molecule has 0 radical (unpaired) electrons. The summed E-state index contributed by atoms with van der Waals surface area (Å²) in [4.78, 5) is 4.45. The fourth-order valence-electron chi connectivity index (χ4n) is 2.06. The molecule has 0 saturated heterocycles. The summed E-state index contributed by atoms with van der Waals surface area (Å²) in [5, 5.41) is 0. The van der Waals surface area contributed by atoms with Gasteiger partial charge >= 0.3 is 0 Å². The molecule has 0 spiro atoms. The van der Waals surface area contributed by atoms with E-state index in [1.54, 1.807) is 0 Å². The van der Waals surface area contributed by atoms with Crippen molar-refractivity contribution in [2.24, 2.45) is 0 Å². The summed E-state index contributed by atoms with van der Waals surface area (Å²) in [5.74, 6) is 0.721. The van der Waals surface area contributed by atoms with Crippen LogP contribution in [0.25, 0.3) is 0 Å². The molecule has 1 aliphatic carbocycles. The number of hydrogen-bond acceptors (Lipinski definition) is 2. The van der Waals surface area contributed by atoms with E-state index >= 15 is 0 Å². The fourth-order valence-corrected chi connectivity index (χ4v) is 2.06. The Hall–Kier alpha value is -1.05. The van der Waals surface area contributed by atoms with Gasteiger partial charge in [-0.1, -0.05) is 0 Å². The first-order valence-electron chi connectivity index (χ1n) is 4.94. The minimum atomic E-state index is 0.721. The Balaban J connectivity index is 2.60. The van der Waals surface area contributed by atoms with Crippen LogP contribution < -0.4 is 5.73 Å². The van der Waals surface area contributed by atoms with Gasteiger partial charge in [0, 0.05) is 5.69 Å². The van der Waals surface area contributed by atoms with E-state index in [9.17, 15) is 0 Å². The largest absolute Gasteiger partial charge is 0.383 e. The average molecular weight is 176 g/mol. The van der Waals surface area contributed by atoms with Crippen molar-refractivity contribution in [2.75, 3.05) is 5.73 Å². The molecule has 0 aliphatic heterocycles. The Morgan fingerprint density at radius 1 is 1.08 bits per heavy atom. The van der Waals surface area contributed by atoms with Gasteiger partial charge in [-0.05, 0) is 56.2 Å². The number of pyridine rings is 1. The topological polar surface area (TPSA) is 38.9 Å². The first-order chi connectivity index (χ1) is 6.20. The van der Waals surface area contributed by atoms with E-state index in [-0.39, 0.29) is 0 Å². The van der Waals surface area contributed by atoms with Crippen LogP contribution in [-0.2, 0) is 12.8 Å². The van der Waals surface area contributed by atoms with Crippen LogP contribution in [0.3, 0.4) is 0 Å². The number of aryl methyl sites for hydroxylation is 1. The predicted octanol–water partition coefficient (Wildman–Crippen LogP) is 2.16. The molecule has 0 fully saturated rings. The summed E-state index contributed by atoms with van der Waals surface area (Å²) in [6, 6.07) is 0. The van der Waals surface area contributed by atoms with Gasteiger partial charge in [0.1, 0.15) is 5.82 Å². The average Bonchev–Trinajstić information content (AvgIpc) is 2.15. The van der Waals surface area contributed by atoms with Gasteiger partial charge in [-0.15, -0.1) is 0 Å². The molecule has 2 N–H and O–H groups in total. The van der Waals surface area contributed by atoms with Gasteiger partial charge in [-0.3, -0.25) is 0 Å². The van der Waals surface area contributed by atoms with E-state index < -0.39 is 0 Å². The van der Waals surface area contributed by atoms with Crippen LogP contribution >= 0.6 is 0 Å². The molecule has 0 unspecified atom stereocenters. The quantitative estimate of drug-likeness (QED) is 0.658. The van der Waals surface area contributed by atoms with E-state index in [0.29, 0.717) is 0 Å². The molecule has 0 aromatic carbocycles. The Morgan fingerprint density at radius 2 is 1.77 bits per heavy atom. The number of rotatable bonds is 0. The molecule has 1 aromatic rings. The minimum absolute atomic E-state index is 0.721. The molecule has 70 valence electrons. The van der Waals surface area contributed by atoms with Crippen molar-refractivity contribution < 1.29 is 0 Å². The zero-order chi connectivity index (χ0) is 9.42. The van der Waals surface area contributed by atoms with Gasteiger partial charge < -0.3 is 5.73 Å². The molecule has 1 aromatic heterocycles. The predicted molar refractivity (Wildman–Crippen MR) is 54.8 cm³/mol. The highest BCUT2D eigenvalue weighted by molar-refractivity contribution is 5.49. The Morgan fingerprint density at radius 3 is 2.54 bits per heavy atom. The fraction of sp³-hybridized carbons (Fsp3) is 0.545. The molecule has 1 heterocycles. The number of nitrogens with zero attached hydrogens (tertiary/aromatic N) is 1. The summed E-state index contributed by atoms with van der Waals surface area (Å²) >= 11 is 0. The zero-order valence-electron chi connectivity index (χ0n) is 8.35. The van der Waals surface area contributed by atoms with Gasteiger partial charge in [0.05, 0.1) is 0 Å². The maximum atomic E-state index is 5.83. The number of hydrogen-bond donors (Lipinski definition) is 1. The first-order valence-corrected chi connectivity index (χ1v) is 4.94. The summed E-state index contributed by atoms with van der Waals surface area (Å²) in [6.45, 7) is 4.23. The summed E-state index contributed by atoms with van der Waals surface area (Å²) < 4.78 is 0. The van der Waals surface area contributed by atoms with Crippen LogP contribution in [-0.4, -0.2) is 4.98 Å². The highest BCUT2D eigenvalue weighted by Gasteiger charge is 2.15. The molecule has 2 nitrogen and oxygen atoms in total. The normalized spacial score (nSPS) is 15.5. The Kier molecular flexibility index (Phi) is 1.98. The van der Waals surface area contributed by atoms with Crippen molar-refractivity contribution in [1.82, 2.24) is 4.98 Å². The van der Waals surface area contributed by atoms with Crippen LogP contribution in [0.1, 0.15) is 35.2 Å². The number of nitrogen functional groups attached to an aromatic ring is 1. The lowest BCUT2D eigenvalue weighted by Crippen LogP contribution is -2.11. The second kappa shape index (κ2) is 3.02. The zero-order valence-corrected chi connectivity index (χ0v) is 8.35. The van der Waals surface area contributed by atoms with Crippen LogP contribution in [0, 0.1) is 13.8 Å². The molecule has 0 bridgehead atoms.